The molecule has 3 rings (SSSR count). The Kier molecular flexibility index (Phi) is 7.79. The van der Waals surface area contributed by atoms with Gasteiger partial charge in [-0.25, -0.2) is 0 Å². The Morgan fingerprint density at radius 3 is 2.59 bits per heavy atom. The number of thiocarbonyl (C=S) groups is 1. The molecule has 1 aliphatic carbocycles. The van der Waals surface area contributed by atoms with E-state index in [0.29, 0.717) is 10.6 Å². The van der Waals surface area contributed by atoms with Gasteiger partial charge in [-0.05, 0) is 49.5 Å². The molecule has 0 aliphatic heterocycles. The number of thiophene rings is 1. The molecule has 2 aromatic rings. The van der Waals surface area contributed by atoms with E-state index in [0.717, 1.165) is 36.1 Å². The Morgan fingerprint density at radius 2 is 1.94 bits per heavy atom. The number of carbonyl (C=O) groups is 1. The molecule has 1 unspecified atom stereocenters. The molecule has 0 fully saturated rings. The number of alkyl halides is 3. The van der Waals surface area contributed by atoms with Crippen molar-refractivity contribution >= 4 is 80.1 Å². The first-order chi connectivity index (χ1) is 15.1. The number of amides is 1. The van der Waals surface area contributed by atoms with Gasteiger partial charge in [0.2, 0.25) is 3.79 Å². The SMILES string of the molecule is N#Cc1c(NC(=S)NC(NC(=O)c2ccccc2[N+](=O)[O-])C(Cl)(Cl)Cl)sc2c1CCCC2. The second-order valence-corrected chi connectivity index (χ2v) is 10.7. The summed E-state index contributed by atoms with van der Waals surface area (Å²) in [6.45, 7) is 0. The molecule has 1 aromatic carbocycles. The van der Waals surface area contributed by atoms with Crippen molar-refractivity contribution < 1.29 is 9.72 Å². The second-order valence-electron chi connectivity index (χ2n) is 6.85. The first-order valence-electron chi connectivity index (χ1n) is 9.35. The van der Waals surface area contributed by atoms with Gasteiger partial charge >= 0.3 is 0 Å². The number of nitrogens with zero attached hydrogens (tertiary/aromatic N) is 2. The van der Waals surface area contributed by atoms with E-state index < -0.39 is 26.5 Å². The van der Waals surface area contributed by atoms with Gasteiger partial charge in [-0.2, -0.15) is 5.26 Å². The van der Waals surface area contributed by atoms with Crippen LogP contribution in [-0.4, -0.2) is 25.9 Å². The van der Waals surface area contributed by atoms with E-state index in [9.17, 15) is 20.2 Å². The summed E-state index contributed by atoms with van der Waals surface area (Å²) < 4.78 is -2.04. The lowest BCUT2D eigenvalue weighted by atomic mass is 9.96. The van der Waals surface area contributed by atoms with Crippen molar-refractivity contribution in [2.45, 2.75) is 35.6 Å². The zero-order chi connectivity index (χ0) is 23.5. The Hall–Kier alpha value is -2.16. The number of rotatable bonds is 5. The minimum atomic E-state index is -2.04. The molecular formula is C19H16Cl3N5O3S2. The van der Waals surface area contributed by atoms with Crippen molar-refractivity contribution in [1.29, 1.82) is 5.26 Å². The van der Waals surface area contributed by atoms with Gasteiger partial charge < -0.3 is 16.0 Å². The van der Waals surface area contributed by atoms with E-state index in [4.69, 9.17) is 47.0 Å². The average Bonchev–Trinajstić information content (AvgIpc) is 3.09. The smallest absolute Gasteiger partial charge is 0.282 e. The first kappa shape index (κ1) is 24.5. The van der Waals surface area contributed by atoms with Gasteiger partial charge in [0.05, 0.1) is 10.5 Å². The zero-order valence-electron chi connectivity index (χ0n) is 16.3. The highest BCUT2D eigenvalue weighted by atomic mass is 35.6. The summed E-state index contributed by atoms with van der Waals surface area (Å²) in [4.78, 5) is 24.3. The van der Waals surface area contributed by atoms with Crippen LogP contribution in [0.15, 0.2) is 24.3 Å². The minimum absolute atomic E-state index is 0.0132. The van der Waals surface area contributed by atoms with Crippen molar-refractivity contribution in [3.63, 3.8) is 0 Å². The fourth-order valence-corrected chi connectivity index (χ4v) is 5.13. The van der Waals surface area contributed by atoms with Crippen LogP contribution in [0.2, 0.25) is 0 Å². The lowest BCUT2D eigenvalue weighted by Crippen LogP contribution is -2.56. The molecule has 32 heavy (non-hydrogen) atoms. The summed E-state index contributed by atoms with van der Waals surface area (Å²) >= 11 is 24.8. The number of aryl methyl sites for hydroxylation is 1. The predicted octanol–water partition coefficient (Wildman–Crippen LogP) is 4.82. The van der Waals surface area contributed by atoms with Gasteiger partial charge in [-0.1, -0.05) is 46.9 Å². The average molecular weight is 533 g/mol. The molecule has 0 saturated heterocycles. The standard InChI is InChI=1S/C19H16Cl3N5O3S2/c20-19(21,22)17(24-15(28)11-6-1-3-7-13(11)27(29)30)26-18(31)25-16-12(9-23)10-5-2-4-8-14(10)32-16/h1,3,6-7,17H,2,4-5,8H2,(H,24,28)(H2,25,26,31). The highest BCUT2D eigenvalue weighted by Gasteiger charge is 2.36. The molecule has 1 aliphatic rings. The summed E-state index contributed by atoms with van der Waals surface area (Å²) in [5.74, 6) is -0.826. The quantitative estimate of drug-likeness (QED) is 0.166. The summed E-state index contributed by atoms with van der Waals surface area (Å²) in [6, 6.07) is 7.61. The van der Waals surface area contributed by atoms with Crippen molar-refractivity contribution in [3.05, 3.63) is 55.9 Å². The number of hydrogen-bond donors (Lipinski definition) is 3. The molecular weight excluding hydrogens is 517 g/mol. The number of carbonyl (C=O) groups excluding carboxylic acids is 1. The number of fused-ring (bicyclic) bond motifs is 1. The minimum Gasteiger partial charge on any atom is -0.339 e. The van der Waals surface area contributed by atoms with Crippen molar-refractivity contribution in [2.75, 3.05) is 5.32 Å². The molecule has 0 bridgehead atoms. The highest BCUT2D eigenvalue weighted by Crippen LogP contribution is 2.37. The topological polar surface area (TPSA) is 120 Å². The summed E-state index contributed by atoms with van der Waals surface area (Å²) in [5, 5.41) is 29.5. The van der Waals surface area contributed by atoms with Crippen LogP contribution in [0.4, 0.5) is 10.7 Å². The Morgan fingerprint density at radius 1 is 1.25 bits per heavy atom. The Labute approximate surface area is 208 Å². The zero-order valence-corrected chi connectivity index (χ0v) is 20.2. The molecule has 168 valence electrons. The number of halogens is 3. The maximum absolute atomic E-state index is 12.7. The monoisotopic (exact) mass is 531 g/mol. The number of benzene rings is 1. The predicted molar refractivity (Wildman–Crippen MR) is 130 cm³/mol. The molecule has 0 spiro atoms. The van der Waals surface area contributed by atoms with E-state index >= 15 is 0 Å². The first-order valence-corrected chi connectivity index (χ1v) is 11.7. The van der Waals surface area contributed by atoms with Gasteiger partial charge in [-0.3, -0.25) is 14.9 Å². The van der Waals surface area contributed by atoms with Gasteiger partial charge in [-0.15, -0.1) is 11.3 Å². The molecule has 0 radical (unpaired) electrons. The van der Waals surface area contributed by atoms with Crippen LogP contribution in [0.1, 0.15) is 39.2 Å². The third-order valence-electron chi connectivity index (χ3n) is 4.73. The summed E-state index contributed by atoms with van der Waals surface area (Å²) in [7, 11) is 0. The molecule has 13 heteroatoms. The van der Waals surface area contributed by atoms with Crippen LogP contribution >= 0.6 is 58.4 Å². The summed E-state index contributed by atoms with van der Waals surface area (Å²) in [5.41, 5.74) is 0.964. The number of hydrogen-bond acceptors (Lipinski definition) is 6. The molecule has 8 nitrogen and oxygen atoms in total. The third-order valence-corrected chi connectivity index (χ3v) is 6.82. The Balaban J connectivity index is 1.77. The molecule has 1 amide bonds. The fourth-order valence-electron chi connectivity index (χ4n) is 3.28. The molecule has 0 saturated carbocycles. The lowest BCUT2D eigenvalue weighted by molar-refractivity contribution is -0.385. The largest absolute Gasteiger partial charge is 0.339 e. The third kappa shape index (κ3) is 5.60. The number of nitriles is 1. The second kappa shape index (κ2) is 10.2. The number of anilines is 1. The van der Waals surface area contributed by atoms with E-state index in [-0.39, 0.29) is 10.7 Å². The molecule has 3 N–H and O–H groups in total. The van der Waals surface area contributed by atoms with Crippen molar-refractivity contribution in [1.82, 2.24) is 10.6 Å². The molecule has 1 atom stereocenters. The van der Waals surface area contributed by atoms with Gasteiger partial charge in [0, 0.05) is 10.9 Å². The number of nitro benzene ring substituents is 1. The normalized spacial score (nSPS) is 13.9. The number of nitro groups is 1. The fraction of sp³-hybridized carbons (Fsp3) is 0.316. The highest BCUT2D eigenvalue weighted by molar-refractivity contribution is 7.80. The Bertz CT molecular complexity index is 1110. The van der Waals surface area contributed by atoms with E-state index in [2.05, 4.69) is 22.0 Å². The van der Waals surface area contributed by atoms with Gasteiger partial charge in [0.15, 0.2) is 5.11 Å². The number of para-hydroxylation sites is 1. The van der Waals surface area contributed by atoms with Crippen LogP contribution in [0, 0.1) is 21.4 Å². The van der Waals surface area contributed by atoms with Crippen molar-refractivity contribution in [3.8, 4) is 6.07 Å². The van der Waals surface area contributed by atoms with E-state index in [1.54, 1.807) is 0 Å². The molecule has 1 aromatic heterocycles. The van der Waals surface area contributed by atoms with Gasteiger partial charge in [0.25, 0.3) is 11.6 Å². The van der Waals surface area contributed by atoms with Crippen LogP contribution in [0.25, 0.3) is 0 Å². The maximum Gasteiger partial charge on any atom is 0.282 e. The van der Waals surface area contributed by atoms with E-state index in [1.807, 2.05) is 0 Å². The lowest BCUT2D eigenvalue weighted by Gasteiger charge is -2.27. The number of nitrogens with one attached hydrogen (secondary N) is 3. The molecule has 1 heterocycles. The maximum atomic E-state index is 12.7. The van der Waals surface area contributed by atoms with E-state index in [1.165, 1.54) is 35.6 Å². The van der Waals surface area contributed by atoms with Crippen LogP contribution in [0.5, 0.6) is 0 Å². The van der Waals surface area contributed by atoms with Crippen LogP contribution in [-0.2, 0) is 12.8 Å². The van der Waals surface area contributed by atoms with Crippen LogP contribution < -0.4 is 16.0 Å². The van der Waals surface area contributed by atoms with Gasteiger partial charge in [0.1, 0.15) is 22.8 Å². The summed E-state index contributed by atoms with van der Waals surface area (Å²) in [6.07, 6.45) is 2.50. The van der Waals surface area contributed by atoms with Crippen LogP contribution in [0.3, 0.4) is 0 Å². The van der Waals surface area contributed by atoms with Crippen molar-refractivity contribution in [2.24, 2.45) is 0 Å².